The molecule has 4 N–H and O–H groups in total. The van der Waals surface area contributed by atoms with Gasteiger partial charge in [0.05, 0.1) is 35.0 Å². The van der Waals surface area contributed by atoms with Crippen molar-refractivity contribution in [2.24, 2.45) is 22.7 Å². The lowest BCUT2D eigenvalue weighted by molar-refractivity contribution is -0.131. The SMILES string of the molecule is CC(C)(C)[C@H](NC(=O)C1CCC(F)(F)CC1)c1ncc(-c2ccc(-c3ccc4c(ccc5[nH]c([C@@H](NC(=O)C6CCC(F)(F)CC6)C(C)(C)C)nc54)c3)cc2)[nH]1. The summed E-state index contributed by atoms with van der Waals surface area (Å²) in [5.74, 6) is -5.44. The number of imidazole rings is 2. The zero-order chi connectivity index (χ0) is 40.2. The van der Waals surface area contributed by atoms with E-state index >= 15 is 0 Å². The van der Waals surface area contributed by atoms with E-state index in [2.05, 4.69) is 43.8 Å². The maximum absolute atomic E-state index is 13.8. The van der Waals surface area contributed by atoms with Crippen molar-refractivity contribution in [3.63, 3.8) is 0 Å². The van der Waals surface area contributed by atoms with Gasteiger partial charge in [0, 0.05) is 42.9 Å². The van der Waals surface area contributed by atoms with Gasteiger partial charge in [0.1, 0.15) is 11.6 Å². The average Bonchev–Trinajstić information content (AvgIpc) is 3.79. The van der Waals surface area contributed by atoms with Crippen molar-refractivity contribution in [1.82, 2.24) is 30.6 Å². The first-order chi connectivity index (χ1) is 26.3. The second-order valence-electron chi connectivity index (χ2n) is 18.2. The summed E-state index contributed by atoms with van der Waals surface area (Å²) in [6.07, 6.45) is 1.38. The number of halogens is 4. The van der Waals surface area contributed by atoms with Crippen LogP contribution in [0, 0.1) is 22.7 Å². The molecule has 5 aromatic rings. The fraction of sp³-hybridized carbons (Fsp3) is 0.500. The number of aromatic amines is 2. The van der Waals surface area contributed by atoms with Crippen LogP contribution < -0.4 is 10.6 Å². The van der Waals surface area contributed by atoms with Crippen LogP contribution in [0.5, 0.6) is 0 Å². The Kier molecular flexibility index (Phi) is 10.3. The molecule has 2 aliphatic carbocycles. The van der Waals surface area contributed by atoms with Crippen LogP contribution in [0.15, 0.2) is 60.8 Å². The van der Waals surface area contributed by atoms with Crippen LogP contribution in [-0.4, -0.2) is 43.6 Å². The summed E-state index contributed by atoms with van der Waals surface area (Å²) in [5.41, 5.74) is 4.64. The number of aromatic nitrogens is 4. The Bertz CT molecular complexity index is 2210. The van der Waals surface area contributed by atoms with Crippen molar-refractivity contribution >= 4 is 33.6 Å². The summed E-state index contributed by atoms with van der Waals surface area (Å²) in [4.78, 5) is 42.9. The van der Waals surface area contributed by atoms with Crippen molar-refractivity contribution in [1.29, 1.82) is 0 Å². The number of nitrogens with one attached hydrogen (secondary N) is 4. The van der Waals surface area contributed by atoms with Gasteiger partial charge in [-0.05, 0) is 70.7 Å². The van der Waals surface area contributed by atoms with E-state index in [1.807, 2.05) is 77.9 Å². The molecule has 0 bridgehead atoms. The van der Waals surface area contributed by atoms with Gasteiger partial charge in [0.15, 0.2) is 0 Å². The van der Waals surface area contributed by atoms with E-state index < -0.39 is 41.2 Å². The molecule has 2 aliphatic rings. The second-order valence-corrected chi connectivity index (χ2v) is 18.2. The van der Waals surface area contributed by atoms with Crippen molar-refractivity contribution in [3.05, 3.63) is 72.4 Å². The number of rotatable bonds is 8. The van der Waals surface area contributed by atoms with E-state index in [1.54, 1.807) is 6.20 Å². The molecule has 3 aromatic carbocycles. The molecular weight excluding hydrogens is 721 g/mol. The largest absolute Gasteiger partial charge is 0.345 e. The predicted molar refractivity (Wildman–Crippen MR) is 211 cm³/mol. The first-order valence-electron chi connectivity index (χ1n) is 19.7. The molecule has 7 rings (SSSR count). The molecule has 0 unspecified atom stereocenters. The highest BCUT2D eigenvalue weighted by Gasteiger charge is 2.41. The van der Waals surface area contributed by atoms with Gasteiger partial charge in [-0.15, -0.1) is 0 Å². The maximum atomic E-state index is 13.8. The van der Waals surface area contributed by atoms with Gasteiger partial charge in [-0.2, -0.15) is 0 Å². The molecule has 2 fully saturated rings. The van der Waals surface area contributed by atoms with Crippen LogP contribution >= 0.6 is 0 Å². The maximum Gasteiger partial charge on any atom is 0.248 e. The number of H-pyrrole nitrogens is 2. The standard InChI is InChI=1S/C44H52F4N6O2/c1-41(2,3)35(53-39(55)27-15-19-43(45,46)20-16-27)37-49-24-33(51-37)26-9-7-25(8-10-26)29-11-13-31-30(23-29)12-14-32-34(31)52-38(50-32)36(42(4,5)6)54-40(56)28-17-21-44(47,48)22-18-28/h7-14,23-24,27-28,35-36H,15-22H2,1-6H3,(H,49,51)(H,50,52)(H,53,55)(H,54,56)/t35-,36-/m1/s1. The highest BCUT2D eigenvalue weighted by molar-refractivity contribution is 6.05. The summed E-state index contributed by atoms with van der Waals surface area (Å²) >= 11 is 0. The van der Waals surface area contributed by atoms with Crippen molar-refractivity contribution in [2.45, 2.75) is 117 Å². The lowest BCUT2D eigenvalue weighted by Gasteiger charge is -2.33. The molecule has 12 heteroatoms. The number of carbonyl (C=O) groups is 2. The third-order valence-electron chi connectivity index (χ3n) is 11.6. The Morgan fingerprint density at radius 2 is 1.18 bits per heavy atom. The van der Waals surface area contributed by atoms with E-state index in [0.717, 1.165) is 44.2 Å². The minimum Gasteiger partial charge on any atom is -0.345 e. The van der Waals surface area contributed by atoms with E-state index in [1.165, 1.54) is 0 Å². The average molecular weight is 773 g/mol. The minimum absolute atomic E-state index is 0.172. The van der Waals surface area contributed by atoms with Crippen LogP contribution in [0.3, 0.4) is 0 Å². The lowest BCUT2D eigenvalue weighted by Crippen LogP contribution is -2.42. The number of fused-ring (bicyclic) bond motifs is 3. The van der Waals surface area contributed by atoms with Crippen LogP contribution in [0.4, 0.5) is 17.6 Å². The molecule has 0 radical (unpaired) electrons. The summed E-state index contributed by atoms with van der Waals surface area (Å²) in [5, 5.41) is 8.22. The van der Waals surface area contributed by atoms with Gasteiger partial charge >= 0.3 is 0 Å². The number of benzene rings is 3. The van der Waals surface area contributed by atoms with Gasteiger partial charge in [0.25, 0.3) is 0 Å². The summed E-state index contributed by atoms with van der Waals surface area (Å²) in [6, 6.07) is 17.5. The topological polar surface area (TPSA) is 116 Å². The Morgan fingerprint density at radius 3 is 1.71 bits per heavy atom. The number of nitrogens with zero attached hydrogens (tertiary/aromatic N) is 2. The molecule has 2 amide bonds. The third kappa shape index (κ3) is 8.49. The van der Waals surface area contributed by atoms with Gasteiger partial charge < -0.3 is 20.6 Å². The fourth-order valence-electron chi connectivity index (χ4n) is 8.12. The van der Waals surface area contributed by atoms with E-state index in [4.69, 9.17) is 4.98 Å². The summed E-state index contributed by atoms with van der Waals surface area (Å²) in [6.45, 7) is 12.1. The monoisotopic (exact) mass is 772 g/mol. The summed E-state index contributed by atoms with van der Waals surface area (Å²) < 4.78 is 55.0. The van der Waals surface area contributed by atoms with Crippen LogP contribution in [0.2, 0.25) is 0 Å². The normalized spacial score (nSPS) is 19.2. The van der Waals surface area contributed by atoms with Crippen LogP contribution in [0.25, 0.3) is 44.2 Å². The number of amides is 2. The molecule has 298 valence electrons. The van der Waals surface area contributed by atoms with E-state index in [0.29, 0.717) is 11.6 Å². The fourth-order valence-corrected chi connectivity index (χ4v) is 8.12. The predicted octanol–water partition coefficient (Wildman–Crippen LogP) is 10.8. The lowest BCUT2D eigenvalue weighted by atomic mass is 9.83. The van der Waals surface area contributed by atoms with Gasteiger partial charge in [-0.25, -0.2) is 27.5 Å². The Morgan fingerprint density at radius 1 is 0.679 bits per heavy atom. The highest BCUT2D eigenvalue weighted by atomic mass is 19.3. The van der Waals surface area contributed by atoms with E-state index in [9.17, 15) is 27.2 Å². The minimum atomic E-state index is -2.70. The quantitative estimate of drug-likeness (QED) is 0.118. The molecule has 2 heterocycles. The van der Waals surface area contributed by atoms with Gasteiger partial charge in [-0.1, -0.05) is 84.0 Å². The molecule has 56 heavy (non-hydrogen) atoms. The molecule has 0 aliphatic heterocycles. The molecule has 0 saturated heterocycles. The molecule has 2 aromatic heterocycles. The Labute approximate surface area is 325 Å². The van der Waals surface area contributed by atoms with Crippen LogP contribution in [0.1, 0.15) is 117 Å². The first-order valence-corrected chi connectivity index (χ1v) is 19.7. The number of alkyl halides is 4. The molecule has 2 atom stereocenters. The zero-order valence-electron chi connectivity index (χ0n) is 33.0. The summed E-state index contributed by atoms with van der Waals surface area (Å²) in [7, 11) is 0. The molecule has 0 spiro atoms. The van der Waals surface area contributed by atoms with Gasteiger partial charge in [-0.3, -0.25) is 9.59 Å². The molecule has 8 nitrogen and oxygen atoms in total. The van der Waals surface area contributed by atoms with Crippen LogP contribution in [-0.2, 0) is 9.59 Å². The number of hydrogen-bond acceptors (Lipinski definition) is 4. The van der Waals surface area contributed by atoms with Gasteiger partial charge in [0.2, 0.25) is 23.7 Å². The van der Waals surface area contributed by atoms with Crippen molar-refractivity contribution < 1.29 is 27.2 Å². The second kappa shape index (κ2) is 14.6. The van der Waals surface area contributed by atoms with Crippen molar-refractivity contribution in [3.8, 4) is 22.4 Å². The first kappa shape index (κ1) is 39.5. The zero-order valence-corrected chi connectivity index (χ0v) is 33.0. The van der Waals surface area contributed by atoms with Crippen molar-refractivity contribution in [2.75, 3.05) is 0 Å². The molecule has 2 saturated carbocycles. The molecular formula is C44H52F4N6O2. The Hall–Kier alpha value is -4.74. The smallest absolute Gasteiger partial charge is 0.248 e. The highest BCUT2D eigenvalue weighted by Crippen LogP contribution is 2.40. The Balaban J connectivity index is 1.07. The number of hydrogen-bond donors (Lipinski definition) is 4. The van der Waals surface area contributed by atoms with E-state index in [-0.39, 0.29) is 68.6 Å². The number of carbonyl (C=O) groups excluding carboxylic acids is 2. The third-order valence-corrected chi connectivity index (χ3v) is 11.6.